The lowest BCUT2D eigenvalue weighted by Gasteiger charge is -2.39. The van der Waals surface area contributed by atoms with Gasteiger partial charge in [0.2, 0.25) is 0 Å². The Kier molecular flexibility index (Phi) is 7.39. The lowest BCUT2D eigenvalue weighted by Crippen LogP contribution is -2.46. The zero-order chi connectivity index (χ0) is 29.1. The Balaban J connectivity index is 1.37. The van der Waals surface area contributed by atoms with E-state index in [9.17, 15) is 9.59 Å². The summed E-state index contributed by atoms with van der Waals surface area (Å²) in [6, 6.07) is 0.591. The van der Waals surface area contributed by atoms with Gasteiger partial charge in [-0.15, -0.1) is 0 Å². The van der Waals surface area contributed by atoms with E-state index in [1.807, 2.05) is 25.7 Å². The summed E-state index contributed by atoms with van der Waals surface area (Å²) in [6.45, 7) is 10.2. The fourth-order valence-corrected chi connectivity index (χ4v) is 7.60. The van der Waals surface area contributed by atoms with Crippen molar-refractivity contribution in [3.63, 3.8) is 0 Å². The number of amides is 1. The van der Waals surface area contributed by atoms with E-state index in [0.29, 0.717) is 50.9 Å². The third-order valence-corrected chi connectivity index (χ3v) is 10.0. The molecular weight excluding hydrogens is 516 g/mol. The monoisotopic (exact) mass is 560 g/mol. The normalized spacial score (nSPS) is 28.2. The summed E-state index contributed by atoms with van der Waals surface area (Å²) in [5.41, 5.74) is 7.62. The van der Waals surface area contributed by atoms with Crippen molar-refractivity contribution >= 4 is 17.3 Å². The lowest BCUT2D eigenvalue weighted by molar-refractivity contribution is -0.123. The Labute approximate surface area is 244 Å². The molecule has 7 heteroatoms. The second kappa shape index (κ2) is 10.7. The van der Waals surface area contributed by atoms with Crippen molar-refractivity contribution in [3.05, 3.63) is 51.1 Å². The van der Waals surface area contributed by atoms with Crippen molar-refractivity contribution in [2.75, 3.05) is 40.4 Å². The SMILES string of the molecule is CC1=CC(C)=C(CN2CCc3c(c(C)c4c(c3C3=CCOCC3)OC(C)(C3CCC(N(C)C)CC3)O4)C2=O)C(=O)C1. The van der Waals surface area contributed by atoms with E-state index in [1.165, 1.54) is 5.57 Å². The van der Waals surface area contributed by atoms with Crippen LogP contribution in [0.25, 0.3) is 5.57 Å². The minimum absolute atomic E-state index is 0.0245. The average Bonchev–Trinajstić information content (AvgIpc) is 3.31. The summed E-state index contributed by atoms with van der Waals surface area (Å²) in [5.74, 6) is 1.11. The third-order valence-electron chi connectivity index (χ3n) is 10.0. The number of benzene rings is 1. The van der Waals surface area contributed by atoms with Gasteiger partial charge in [0.25, 0.3) is 11.7 Å². The first-order valence-electron chi connectivity index (χ1n) is 15.3. The smallest absolute Gasteiger partial charge is 0.254 e. The Hall–Kier alpha value is -2.90. The van der Waals surface area contributed by atoms with Crippen molar-refractivity contribution in [2.45, 2.75) is 84.5 Å². The standard InChI is InChI=1S/C34H44N2O5/c1-20-17-21(2)27(28(37)18-20)19-36-14-11-26-29(33(36)38)22(3)31-32(30(26)23-12-15-39-16-13-23)41-34(4,40-31)24-7-9-25(10-8-24)35(5)6/h12,17,24-25H,7-11,13-16,18-19H2,1-6H3. The zero-order valence-corrected chi connectivity index (χ0v) is 25.5. The van der Waals surface area contributed by atoms with Crippen molar-refractivity contribution < 1.29 is 23.8 Å². The Morgan fingerprint density at radius 3 is 2.39 bits per heavy atom. The highest BCUT2D eigenvalue weighted by atomic mass is 16.7. The maximum Gasteiger partial charge on any atom is 0.254 e. The first-order valence-corrected chi connectivity index (χ1v) is 15.3. The maximum atomic E-state index is 14.2. The number of nitrogens with zero attached hydrogens (tertiary/aromatic N) is 2. The van der Waals surface area contributed by atoms with E-state index >= 15 is 0 Å². The summed E-state index contributed by atoms with van der Waals surface area (Å²) in [6.07, 6.45) is 10.5. The fourth-order valence-electron chi connectivity index (χ4n) is 7.60. The van der Waals surface area contributed by atoms with Crippen molar-refractivity contribution in [1.82, 2.24) is 9.80 Å². The largest absolute Gasteiger partial charge is 0.448 e. The summed E-state index contributed by atoms with van der Waals surface area (Å²) < 4.78 is 19.3. The van der Waals surface area contributed by atoms with Gasteiger partial charge >= 0.3 is 0 Å². The fraction of sp³-hybridized carbons (Fsp3) is 0.588. The minimum atomic E-state index is -0.766. The third kappa shape index (κ3) is 4.95. The molecule has 0 N–H and O–H groups in total. The summed E-state index contributed by atoms with van der Waals surface area (Å²) in [7, 11) is 4.32. The Morgan fingerprint density at radius 1 is 1.00 bits per heavy atom. The first-order chi connectivity index (χ1) is 19.6. The number of carbonyl (C=O) groups is 2. The molecule has 0 saturated heterocycles. The first kappa shape index (κ1) is 28.2. The summed E-state index contributed by atoms with van der Waals surface area (Å²) >= 11 is 0. The van der Waals surface area contributed by atoms with E-state index in [0.717, 1.165) is 76.8 Å². The zero-order valence-electron chi connectivity index (χ0n) is 25.5. The van der Waals surface area contributed by atoms with Crippen LogP contribution in [0.4, 0.5) is 0 Å². The molecule has 6 rings (SSSR count). The van der Waals surface area contributed by atoms with E-state index in [1.54, 1.807) is 0 Å². The molecule has 41 heavy (non-hydrogen) atoms. The molecule has 0 radical (unpaired) electrons. The molecule has 1 amide bonds. The number of Topliss-reactive ketones (excluding diaryl/α,β-unsaturated/α-hetero) is 1. The summed E-state index contributed by atoms with van der Waals surface area (Å²) in [5, 5.41) is 0. The van der Waals surface area contributed by atoms with Crippen molar-refractivity contribution in [1.29, 1.82) is 0 Å². The quantitative estimate of drug-likeness (QED) is 0.464. The predicted octanol–water partition coefficient (Wildman–Crippen LogP) is 5.64. The topological polar surface area (TPSA) is 68.3 Å². The number of carbonyl (C=O) groups excluding carboxylic acids is 2. The maximum absolute atomic E-state index is 14.2. The van der Waals surface area contributed by atoms with E-state index in [4.69, 9.17) is 14.2 Å². The van der Waals surface area contributed by atoms with Crippen LogP contribution in [0.15, 0.2) is 28.9 Å². The van der Waals surface area contributed by atoms with Gasteiger partial charge in [0, 0.05) is 55.1 Å². The lowest BCUT2D eigenvalue weighted by atomic mass is 9.81. The molecule has 1 aromatic rings. The van der Waals surface area contributed by atoms with Crippen LogP contribution in [0.3, 0.4) is 0 Å². The second-order valence-corrected chi connectivity index (χ2v) is 13.0. The Morgan fingerprint density at radius 2 is 1.73 bits per heavy atom. The van der Waals surface area contributed by atoms with E-state index in [-0.39, 0.29) is 17.6 Å². The molecule has 1 atom stereocenters. The molecular formula is C34H44N2O5. The molecule has 1 unspecified atom stereocenters. The van der Waals surface area contributed by atoms with Crippen LogP contribution in [0.5, 0.6) is 11.5 Å². The second-order valence-electron chi connectivity index (χ2n) is 13.0. The van der Waals surface area contributed by atoms with Crippen LogP contribution in [-0.2, 0) is 16.0 Å². The molecule has 1 fully saturated rings. The molecule has 7 nitrogen and oxygen atoms in total. The highest BCUT2D eigenvalue weighted by molar-refractivity contribution is 6.04. The van der Waals surface area contributed by atoms with Crippen LogP contribution in [0.1, 0.15) is 86.3 Å². The molecule has 3 heterocycles. The van der Waals surface area contributed by atoms with Crippen molar-refractivity contribution in [3.8, 4) is 11.5 Å². The molecule has 1 aromatic carbocycles. The number of hydrogen-bond donors (Lipinski definition) is 0. The molecule has 2 aliphatic carbocycles. The van der Waals surface area contributed by atoms with Gasteiger partial charge in [-0.1, -0.05) is 17.7 Å². The Bertz CT molecular complexity index is 1380. The minimum Gasteiger partial charge on any atom is -0.448 e. The van der Waals surface area contributed by atoms with Crippen LogP contribution in [0.2, 0.25) is 0 Å². The van der Waals surface area contributed by atoms with Crippen LogP contribution < -0.4 is 9.47 Å². The number of ether oxygens (including phenoxy) is 3. The molecule has 1 saturated carbocycles. The average molecular weight is 561 g/mol. The van der Waals surface area contributed by atoms with Crippen LogP contribution >= 0.6 is 0 Å². The van der Waals surface area contributed by atoms with Gasteiger partial charge in [-0.2, -0.15) is 0 Å². The van der Waals surface area contributed by atoms with E-state index in [2.05, 4.69) is 38.1 Å². The molecule has 220 valence electrons. The van der Waals surface area contributed by atoms with Gasteiger partial charge in [0.15, 0.2) is 17.3 Å². The molecule has 0 bridgehead atoms. The van der Waals surface area contributed by atoms with E-state index < -0.39 is 5.79 Å². The van der Waals surface area contributed by atoms with Gasteiger partial charge in [-0.3, -0.25) is 9.59 Å². The van der Waals surface area contributed by atoms with Gasteiger partial charge < -0.3 is 24.0 Å². The summed E-state index contributed by atoms with van der Waals surface area (Å²) in [4.78, 5) is 31.3. The van der Waals surface area contributed by atoms with Gasteiger partial charge in [0.05, 0.1) is 18.8 Å². The highest BCUT2D eigenvalue weighted by Crippen LogP contribution is 2.54. The molecule has 5 aliphatic rings. The number of rotatable bonds is 5. The van der Waals surface area contributed by atoms with Gasteiger partial charge in [-0.25, -0.2) is 0 Å². The number of hydrogen-bond acceptors (Lipinski definition) is 6. The number of fused-ring (bicyclic) bond motifs is 2. The van der Waals surface area contributed by atoms with Crippen LogP contribution in [-0.4, -0.2) is 73.7 Å². The highest BCUT2D eigenvalue weighted by Gasteiger charge is 2.49. The van der Waals surface area contributed by atoms with Gasteiger partial charge in [-0.05, 0) is 90.1 Å². The van der Waals surface area contributed by atoms with Gasteiger partial charge in [0.1, 0.15) is 0 Å². The van der Waals surface area contributed by atoms with Crippen LogP contribution in [0, 0.1) is 12.8 Å². The number of allylic oxidation sites excluding steroid dienone is 3. The van der Waals surface area contributed by atoms with Crippen molar-refractivity contribution in [2.24, 2.45) is 5.92 Å². The molecule has 3 aliphatic heterocycles. The molecule has 0 aromatic heterocycles. The number of ketones is 1. The molecule has 0 spiro atoms. The predicted molar refractivity (Wildman–Crippen MR) is 159 cm³/mol.